The lowest BCUT2D eigenvalue weighted by Crippen LogP contribution is -2.59. The highest BCUT2D eigenvalue weighted by Gasteiger charge is 2.39. The van der Waals surface area contributed by atoms with Gasteiger partial charge in [0.15, 0.2) is 0 Å². The van der Waals surface area contributed by atoms with Gasteiger partial charge in [0.25, 0.3) is 5.91 Å². The van der Waals surface area contributed by atoms with Gasteiger partial charge < -0.3 is 29.2 Å². The maximum Gasteiger partial charge on any atom is 0.406 e. The summed E-state index contributed by atoms with van der Waals surface area (Å²) in [6.07, 6.45) is -3.14. The molecule has 2 aliphatic heterocycles. The summed E-state index contributed by atoms with van der Waals surface area (Å²) >= 11 is 0. The Bertz CT molecular complexity index is 1690. The van der Waals surface area contributed by atoms with E-state index in [1.807, 2.05) is 6.92 Å². The van der Waals surface area contributed by atoms with Crippen LogP contribution in [0.15, 0.2) is 36.7 Å². The molecule has 0 bridgehead atoms. The van der Waals surface area contributed by atoms with Crippen LogP contribution in [-0.2, 0) is 15.8 Å². The first kappa shape index (κ1) is 34.7. The number of ether oxygens (including phenoxy) is 2. The van der Waals surface area contributed by atoms with Crippen LogP contribution in [0.3, 0.4) is 0 Å². The van der Waals surface area contributed by atoms with Crippen molar-refractivity contribution in [1.29, 1.82) is 0 Å². The Labute approximate surface area is 271 Å². The van der Waals surface area contributed by atoms with Gasteiger partial charge in [-0.2, -0.15) is 13.2 Å². The topological polar surface area (TPSA) is 97.7 Å². The third kappa shape index (κ3) is 8.47. The number of rotatable bonds is 8. The molecule has 14 heteroatoms. The van der Waals surface area contributed by atoms with Crippen LogP contribution >= 0.6 is 7.14 Å². The van der Waals surface area contributed by atoms with Gasteiger partial charge in [0.2, 0.25) is 0 Å². The Balaban J connectivity index is 1.37. The van der Waals surface area contributed by atoms with Gasteiger partial charge in [0, 0.05) is 43.2 Å². The van der Waals surface area contributed by atoms with Gasteiger partial charge in [-0.15, -0.1) is 0 Å². The van der Waals surface area contributed by atoms with E-state index in [1.165, 1.54) is 19.2 Å². The first-order chi connectivity index (χ1) is 22.2. The Morgan fingerprint density at radius 1 is 1.17 bits per heavy atom. The van der Waals surface area contributed by atoms with Crippen LogP contribution in [-0.4, -0.2) is 98.1 Å². The molecule has 47 heavy (non-hydrogen) atoms. The van der Waals surface area contributed by atoms with Gasteiger partial charge in [-0.25, -0.2) is 9.37 Å². The number of anilines is 1. The maximum atomic E-state index is 15.6. The third-order valence-electron chi connectivity index (χ3n) is 8.67. The van der Waals surface area contributed by atoms with Crippen molar-refractivity contribution in [2.45, 2.75) is 50.7 Å². The standard InChI is InChI=1S/C33H40F4N5O4P/c1-21-17-41(23-9-12-46-13-10-23)18-26(34)30(21)40-32(43)25-14-22(15-28-31(25)39-20-42(28)19-33(35,36)37)6-5-11-38-27-8-7-24(47(3,4)44)16-29(27)45-2/h7-8,14-16,20-21,23,26,30,38H,9-13,17-19H2,1-4H3,(H,40,43)/t21-,26-,30+/m0/s1. The molecule has 9 nitrogen and oxygen atoms in total. The van der Waals surface area contributed by atoms with Gasteiger partial charge >= 0.3 is 6.18 Å². The number of fused-ring (bicyclic) bond motifs is 1. The van der Waals surface area contributed by atoms with E-state index in [-0.39, 0.29) is 41.6 Å². The summed E-state index contributed by atoms with van der Waals surface area (Å²) < 4.78 is 80.0. The number of benzene rings is 2. The predicted molar refractivity (Wildman–Crippen MR) is 174 cm³/mol. The molecule has 3 atom stereocenters. The zero-order chi connectivity index (χ0) is 33.9. The Hall–Kier alpha value is -3.59. The number of imidazole rings is 1. The van der Waals surface area contributed by atoms with Crippen molar-refractivity contribution in [2.75, 3.05) is 58.6 Å². The maximum absolute atomic E-state index is 15.6. The summed E-state index contributed by atoms with van der Waals surface area (Å²) in [5.74, 6) is 5.53. The Morgan fingerprint density at radius 2 is 1.91 bits per heavy atom. The fourth-order valence-electron chi connectivity index (χ4n) is 6.24. The number of hydrogen-bond donors (Lipinski definition) is 2. The molecule has 0 aliphatic carbocycles. The van der Waals surface area contributed by atoms with Crippen molar-refractivity contribution in [3.05, 3.63) is 47.8 Å². The number of hydrogen-bond acceptors (Lipinski definition) is 7. The largest absolute Gasteiger partial charge is 0.495 e. The summed E-state index contributed by atoms with van der Waals surface area (Å²) in [5.41, 5.74) is 1.11. The second kappa shape index (κ2) is 14.3. The number of aromatic nitrogens is 2. The van der Waals surface area contributed by atoms with Crippen molar-refractivity contribution < 1.29 is 36.4 Å². The number of piperidine rings is 1. The van der Waals surface area contributed by atoms with Gasteiger partial charge in [-0.1, -0.05) is 18.8 Å². The second-order valence-corrected chi connectivity index (χ2v) is 15.8. The fraction of sp³-hybridized carbons (Fsp3) is 0.515. The SMILES string of the molecule is COc1cc(P(C)(C)=O)ccc1NCC#Cc1cc(C(=O)N[C@@H]2[C@@H](C)CN(C3CCOCC3)C[C@@H]2F)c2ncn(CC(F)(F)F)c2c1. The summed E-state index contributed by atoms with van der Waals surface area (Å²) in [7, 11) is -0.997. The van der Waals surface area contributed by atoms with Crippen molar-refractivity contribution in [2.24, 2.45) is 5.92 Å². The molecule has 2 aliphatic rings. The van der Waals surface area contributed by atoms with Crippen LogP contribution in [0.5, 0.6) is 5.75 Å². The van der Waals surface area contributed by atoms with E-state index in [0.29, 0.717) is 42.1 Å². The molecule has 0 spiro atoms. The number of alkyl halides is 4. The van der Waals surface area contributed by atoms with Gasteiger partial charge in [0.05, 0.1) is 42.8 Å². The zero-order valence-corrected chi connectivity index (χ0v) is 27.8. The molecule has 1 aromatic heterocycles. The van der Waals surface area contributed by atoms with E-state index < -0.39 is 38.0 Å². The molecule has 2 aromatic carbocycles. The normalized spacial score (nSPS) is 21.2. The molecule has 5 rings (SSSR count). The monoisotopic (exact) mass is 677 g/mol. The summed E-state index contributed by atoms with van der Waals surface area (Å²) in [5, 5.41) is 6.62. The Morgan fingerprint density at radius 3 is 2.57 bits per heavy atom. The number of halogens is 4. The smallest absolute Gasteiger partial charge is 0.406 e. The average molecular weight is 678 g/mol. The minimum atomic E-state index is -4.52. The number of likely N-dealkylation sites (tertiary alicyclic amines) is 1. The fourth-order valence-corrected chi connectivity index (χ4v) is 7.10. The average Bonchev–Trinajstić information content (AvgIpc) is 3.41. The number of nitrogens with zero attached hydrogens (tertiary/aromatic N) is 3. The van der Waals surface area contributed by atoms with Gasteiger partial charge in [-0.05, 0) is 62.4 Å². The molecular formula is C33H40F4N5O4P. The molecule has 3 aromatic rings. The van der Waals surface area contributed by atoms with E-state index in [0.717, 1.165) is 23.7 Å². The first-order valence-electron chi connectivity index (χ1n) is 15.5. The lowest BCUT2D eigenvalue weighted by atomic mass is 9.89. The Kier molecular flexibility index (Phi) is 10.5. The molecule has 0 radical (unpaired) electrons. The van der Waals surface area contributed by atoms with Gasteiger partial charge in [-0.3, -0.25) is 9.69 Å². The van der Waals surface area contributed by atoms with E-state index in [1.54, 1.807) is 31.5 Å². The van der Waals surface area contributed by atoms with E-state index in [4.69, 9.17) is 9.47 Å². The highest BCUT2D eigenvalue weighted by molar-refractivity contribution is 7.70. The molecular weight excluding hydrogens is 637 g/mol. The van der Waals surface area contributed by atoms with E-state index in [9.17, 15) is 22.5 Å². The van der Waals surface area contributed by atoms with Crippen LogP contribution < -0.4 is 20.7 Å². The quantitative estimate of drug-likeness (QED) is 0.199. The molecule has 2 saturated heterocycles. The molecule has 2 fully saturated rings. The van der Waals surface area contributed by atoms with Crippen LogP contribution in [0.4, 0.5) is 23.2 Å². The van der Waals surface area contributed by atoms with Crippen molar-refractivity contribution in [3.63, 3.8) is 0 Å². The zero-order valence-electron chi connectivity index (χ0n) is 26.9. The minimum Gasteiger partial charge on any atom is -0.495 e. The predicted octanol–water partition coefficient (Wildman–Crippen LogP) is 4.89. The minimum absolute atomic E-state index is 0.0211. The van der Waals surface area contributed by atoms with Crippen LogP contribution in [0.2, 0.25) is 0 Å². The summed E-state index contributed by atoms with van der Waals surface area (Å²) in [4.78, 5) is 19.9. The van der Waals surface area contributed by atoms with E-state index in [2.05, 4.69) is 32.4 Å². The third-order valence-corrected chi connectivity index (χ3v) is 10.2. The second-order valence-electron chi connectivity index (χ2n) is 12.6. The van der Waals surface area contributed by atoms with Gasteiger partial charge in [0.1, 0.15) is 31.1 Å². The molecule has 1 amide bonds. The molecule has 0 saturated carbocycles. The summed E-state index contributed by atoms with van der Waals surface area (Å²) in [6, 6.07) is 7.58. The number of amides is 1. The lowest BCUT2D eigenvalue weighted by Gasteiger charge is -2.44. The highest BCUT2D eigenvalue weighted by atomic mass is 31.2. The number of carbonyl (C=O) groups excluding carboxylic acids is 1. The lowest BCUT2D eigenvalue weighted by molar-refractivity contribution is -0.139. The number of nitrogens with one attached hydrogen (secondary N) is 2. The van der Waals surface area contributed by atoms with Crippen LogP contribution in [0.1, 0.15) is 35.7 Å². The molecule has 254 valence electrons. The molecule has 2 N–H and O–H groups in total. The van der Waals surface area contributed by atoms with Crippen molar-refractivity contribution in [1.82, 2.24) is 19.8 Å². The molecule has 3 heterocycles. The summed E-state index contributed by atoms with van der Waals surface area (Å²) in [6.45, 7) is 6.13. The highest BCUT2D eigenvalue weighted by Crippen LogP contribution is 2.37. The number of carbonyl (C=O) groups is 1. The molecule has 0 unspecified atom stereocenters. The van der Waals surface area contributed by atoms with Crippen LogP contribution in [0, 0.1) is 17.8 Å². The van der Waals surface area contributed by atoms with E-state index >= 15 is 4.39 Å². The van der Waals surface area contributed by atoms with Crippen molar-refractivity contribution in [3.8, 4) is 17.6 Å². The number of methoxy groups -OCH3 is 1. The van der Waals surface area contributed by atoms with Crippen molar-refractivity contribution >= 4 is 35.1 Å². The van der Waals surface area contributed by atoms with Crippen LogP contribution in [0.25, 0.3) is 11.0 Å². The first-order valence-corrected chi connectivity index (χ1v) is 18.1.